The number of rotatable bonds is 3. The van der Waals surface area contributed by atoms with Crippen molar-refractivity contribution in [2.45, 2.75) is 26.3 Å². The molecule has 0 atom stereocenters. The Morgan fingerprint density at radius 1 is 1.26 bits per heavy atom. The molecule has 2 heterocycles. The normalized spacial score (nSPS) is 11.9. The van der Waals surface area contributed by atoms with E-state index >= 15 is 0 Å². The van der Waals surface area contributed by atoms with Crippen molar-refractivity contribution >= 4 is 38.0 Å². The molecule has 0 saturated carbocycles. The molecule has 19 heavy (non-hydrogen) atoms. The average molecular weight is 289 g/mol. The first kappa shape index (κ1) is 12.6. The number of para-hydroxylation sites is 1. The minimum Gasteiger partial charge on any atom is -0.350 e. The van der Waals surface area contributed by atoms with Gasteiger partial charge in [-0.3, -0.25) is 0 Å². The molecule has 0 amide bonds. The van der Waals surface area contributed by atoms with Crippen LogP contribution in [0.25, 0.3) is 10.2 Å². The highest BCUT2D eigenvalue weighted by Crippen LogP contribution is 2.33. The van der Waals surface area contributed by atoms with Crippen molar-refractivity contribution in [1.29, 1.82) is 0 Å². The zero-order valence-corrected chi connectivity index (χ0v) is 12.7. The Balaban J connectivity index is 1.95. The minimum absolute atomic E-state index is 0.198. The summed E-state index contributed by atoms with van der Waals surface area (Å²) in [5, 5.41) is 7.52. The van der Waals surface area contributed by atoms with E-state index in [-0.39, 0.29) is 5.54 Å². The summed E-state index contributed by atoms with van der Waals surface area (Å²) in [6.45, 7) is 6.35. The van der Waals surface area contributed by atoms with Gasteiger partial charge in [0.05, 0.1) is 15.8 Å². The Morgan fingerprint density at radius 3 is 2.79 bits per heavy atom. The molecule has 0 spiro atoms. The van der Waals surface area contributed by atoms with Gasteiger partial charge in [-0.1, -0.05) is 23.5 Å². The maximum Gasteiger partial charge on any atom is 0.184 e. The maximum atomic E-state index is 4.69. The molecule has 0 radical (unpaired) electrons. The van der Waals surface area contributed by atoms with Gasteiger partial charge in [0.25, 0.3) is 0 Å². The standard InChI is InChI=1S/C14H15N3S2/c1-9-5-4-6-10-11(9)16-13(19-10)17-14(2,3)12-15-7-8-18-12/h4-8H,1-3H3,(H,16,17). The van der Waals surface area contributed by atoms with Crippen LogP contribution >= 0.6 is 22.7 Å². The third kappa shape index (κ3) is 2.35. The van der Waals surface area contributed by atoms with Gasteiger partial charge >= 0.3 is 0 Å². The molecule has 0 fully saturated rings. The van der Waals surface area contributed by atoms with Crippen LogP contribution in [-0.4, -0.2) is 9.97 Å². The lowest BCUT2D eigenvalue weighted by molar-refractivity contribution is 0.604. The van der Waals surface area contributed by atoms with E-state index in [2.05, 4.69) is 49.3 Å². The lowest BCUT2D eigenvalue weighted by Gasteiger charge is -2.23. The van der Waals surface area contributed by atoms with Crippen molar-refractivity contribution in [1.82, 2.24) is 9.97 Å². The van der Waals surface area contributed by atoms with Crippen molar-refractivity contribution in [2.75, 3.05) is 5.32 Å². The van der Waals surface area contributed by atoms with E-state index < -0.39 is 0 Å². The highest BCUT2D eigenvalue weighted by molar-refractivity contribution is 7.22. The number of anilines is 1. The quantitative estimate of drug-likeness (QED) is 0.776. The average Bonchev–Trinajstić information content (AvgIpc) is 2.96. The fourth-order valence-electron chi connectivity index (χ4n) is 1.99. The van der Waals surface area contributed by atoms with Crippen molar-refractivity contribution in [3.8, 4) is 0 Å². The van der Waals surface area contributed by atoms with Gasteiger partial charge in [-0.05, 0) is 32.4 Å². The number of hydrogen-bond donors (Lipinski definition) is 1. The monoisotopic (exact) mass is 289 g/mol. The van der Waals surface area contributed by atoms with Crippen LogP contribution in [0.4, 0.5) is 5.13 Å². The smallest absolute Gasteiger partial charge is 0.184 e. The Kier molecular flexibility index (Phi) is 3.03. The molecule has 0 aliphatic heterocycles. The molecule has 98 valence electrons. The van der Waals surface area contributed by atoms with Crippen molar-refractivity contribution in [3.63, 3.8) is 0 Å². The Morgan fingerprint density at radius 2 is 2.11 bits per heavy atom. The second-order valence-corrected chi connectivity index (χ2v) is 6.95. The first-order valence-electron chi connectivity index (χ1n) is 6.10. The van der Waals surface area contributed by atoms with Gasteiger partial charge in [-0.15, -0.1) is 11.3 Å². The molecule has 2 aromatic heterocycles. The van der Waals surface area contributed by atoms with Crippen LogP contribution in [0.3, 0.4) is 0 Å². The Bertz CT molecular complexity index is 699. The first-order valence-corrected chi connectivity index (χ1v) is 7.80. The Hall–Kier alpha value is -1.46. The van der Waals surface area contributed by atoms with E-state index in [1.165, 1.54) is 10.3 Å². The summed E-state index contributed by atoms with van der Waals surface area (Å²) in [5.74, 6) is 0. The van der Waals surface area contributed by atoms with Crippen molar-refractivity contribution < 1.29 is 0 Å². The molecule has 1 aromatic carbocycles. The van der Waals surface area contributed by atoms with E-state index in [4.69, 9.17) is 4.98 Å². The summed E-state index contributed by atoms with van der Waals surface area (Å²) in [6, 6.07) is 6.28. The first-order chi connectivity index (χ1) is 9.06. The summed E-state index contributed by atoms with van der Waals surface area (Å²) in [7, 11) is 0. The molecule has 1 N–H and O–H groups in total. The number of aryl methyl sites for hydroxylation is 1. The summed E-state index contributed by atoms with van der Waals surface area (Å²) < 4.78 is 1.22. The molecule has 3 aromatic rings. The summed E-state index contributed by atoms with van der Waals surface area (Å²) >= 11 is 3.35. The molecule has 5 heteroatoms. The van der Waals surface area contributed by atoms with E-state index in [1.807, 2.05) is 11.6 Å². The zero-order chi connectivity index (χ0) is 13.5. The van der Waals surface area contributed by atoms with Crippen LogP contribution in [0.15, 0.2) is 29.8 Å². The number of aromatic nitrogens is 2. The summed E-state index contributed by atoms with van der Waals surface area (Å²) in [5.41, 5.74) is 2.11. The van der Waals surface area contributed by atoms with Crippen LogP contribution in [0.2, 0.25) is 0 Å². The van der Waals surface area contributed by atoms with Crippen molar-refractivity contribution in [2.24, 2.45) is 0 Å². The molecule has 0 aliphatic rings. The number of hydrogen-bond acceptors (Lipinski definition) is 5. The molecule has 0 aliphatic carbocycles. The lowest BCUT2D eigenvalue weighted by atomic mass is 10.1. The van der Waals surface area contributed by atoms with Gasteiger partial charge in [0.2, 0.25) is 0 Å². The SMILES string of the molecule is Cc1cccc2sc(NC(C)(C)c3nccs3)nc12. The van der Waals surface area contributed by atoms with Gasteiger partial charge in [-0.2, -0.15) is 0 Å². The summed E-state index contributed by atoms with van der Waals surface area (Å²) in [4.78, 5) is 9.08. The third-order valence-electron chi connectivity index (χ3n) is 3.01. The fourth-order valence-corrected chi connectivity index (χ4v) is 3.81. The van der Waals surface area contributed by atoms with E-state index in [0.717, 1.165) is 15.7 Å². The van der Waals surface area contributed by atoms with E-state index in [1.54, 1.807) is 22.7 Å². The molecule has 3 nitrogen and oxygen atoms in total. The summed E-state index contributed by atoms with van der Waals surface area (Å²) in [6.07, 6.45) is 1.84. The van der Waals surface area contributed by atoms with Gasteiger partial charge in [0, 0.05) is 11.6 Å². The Labute approximate surface area is 120 Å². The second kappa shape index (κ2) is 4.58. The highest BCUT2D eigenvalue weighted by atomic mass is 32.1. The zero-order valence-electron chi connectivity index (χ0n) is 11.1. The predicted octanol–water partition coefficient (Wildman–Crippen LogP) is 4.41. The number of fused-ring (bicyclic) bond motifs is 1. The molecule has 3 rings (SSSR count). The maximum absolute atomic E-state index is 4.69. The highest BCUT2D eigenvalue weighted by Gasteiger charge is 2.24. The van der Waals surface area contributed by atoms with Crippen LogP contribution in [-0.2, 0) is 5.54 Å². The van der Waals surface area contributed by atoms with Gasteiger partial charge in [0.1, 0.15) is 5.01 Å². The van der Waals surface area contributed by atoms with Crippen LogP contribution in [0.5, 0.6) is 0 Å². The lowest BCUT2D eigenvalue weighted by Crippen LogP contribution is -2.27. The number of nitrogens with one attached hydrogen (secondary N) is 1. The molecular weight excluding hydrogens is 274 g/mol. The van der Waals surface area contributed by atoms with Gasteiger partial charge < -0.3 is 5.32 Å². The van der Waals surface area contributed by atoms with Crippen LogP contribution < -0.4 is 5.32 Å². The largest absolute Gasteiger partial charge is 0.350 e. The van der Waals surface area contributed by atoms with Gasteiger partial charge in [0.15, 0.2) is 5.13 Å². The topological polar surface area (TPSA) is 37.8 Å². The van der Waals surface area contributed by atoms with E-state index in [9.17, 15) is 0 Å². The third-order valence-corrected chi connectivity index (χ3v) is 5.04. The van der Waals surface area contributed by atoms with Gasteiger partial charge in [-0.25, -0.2) is 9.97 Å². The van der Waals surface area contributed by atoms with Crippen LogP contribution in [0, 0.1) is 6.92 Å². The molecule has 0 unspecified atom stereocenters. The predicted molar refractivity (Wildman–Crippen MR) is 83.1 cm³/mol. The van der Waals surface area contributed by atoms with Crippen LogP contribution in [0.1, 0.15) is 24.4 Å². The fraction of sp³-hybridized carbons (Fsp3) is 0.286. The minimum atomic E-state index is -0.198. The van der Waals surface area contributed by atoms with E-state index in [0.29, 0.717) is 0 Å². The number of benzene rings is 1. The molecule has 0 saturated heterocycles. The second-order valence-electron chi connectivity index (χ2n) is 5.03. The molecular formula is C14H15N3S2. The number of nitrogens with zero attached hydrogens (tertiary/aromatic N) is 2. The number of thiazole rings is 2. The molecule has 0 bridgehead atoms. The van der Waals surface area contributed by atoms with Crippen molar-refractivity contribution in [3.05, 3.63) is 40.3 Å².